The Morgan fingerprint density at radius 2 is 1.70 bits per heavy atom. The monoisotopic (exact) mass is 259 g/mol. The van der Waals surface area contributed by atoms with E-state index in [0.29, 0.717) is 11.3 Å². The van der Waals surface area contributed by atoms with Gasteiger partial charge in [-0.2, -0.15) is 5.26 Å². The maximum Gasteiger partial charge on any atom is 0.0992 e. The number of nitrogens with one attached hydrogen (secondary N) is 1. The molecule has 3 nitrogen and oxygen atoms in total. The molecule has 3 aromatic rings. The van der Waals surface area contributed by atoms with Crippen LogP contribution >= 0.6 is 0 Å². The van der Waals surface area contributed by atoms with Gasteiger partial charge in [0.15, 0.2) is 0 Å². The molecular weight excluding hydrogens is 246 g/mol. The van der Waals surface area contributed by atoms with Crippen LogP contribution in [-0.4, -0.2) is 0 Å². The molecule has 0 aliphatic heterocycles. The lowest BCUT2D eigenvalue weighted by Crippen LogP contribution is -1.97. The van der Waals surface area contributed by atoms with E-state index >= 15 is 0 Å². The van der Waals surface area contributed by atoms with Gasteiger partial charge in [-0.1, -0.05) is 36.4 Å². The van der Waals surface area contributed by atoms with Gasteiger partial charge in [0.2, 0.25) is 0 Å². The predicted octanol–water partition coefficient (Wildman–Crippen LogP) is 4.04. The summed E-state index contributed by atoms with van der Waals surface area (Å²) in [7, 11) is 0. The second kappa shape index (κ2) is 4.94. The Morgan fingerprint density at radius 3 is 2.50 bits per heavy atom. The number of hydrogen-bond donors (Lipinski definition) is 2. The highest BCUT2D eigenvalue weighted by atomic mass is 14.9. The third kappa shape index (κ3) is 2.15. The molecule has 0 heterocycles. The highest BCUT2D eigenvalue weighted by Gasteiger charge is 2.04. The van der Waals surface area contributed by atoms with Crippen LogP contribution in [-0.2, 0) is 0 Å². The van der Waals surface area contributed by atoms with Crippen molar-refractivity contribution in [2.24, 2.45) is 0 Å². The molecular formula is C17H13N3. The minimum atomic E-state index is 0.561. The van der Waals surface area contributed by atoms with Crippen molar-refractivity contribution in [2.45, 2.75) is 0 Å². The Kier molecular flexibility index (Phi) is 2.98. The molecule has 0 spiro atoms. The summed E-state index contributed by atoms with van der Waals surface area (Å²) >= 11 is 0. The molecule has 3 heteroatoms. The van der Waals surface area contributed by atoms with E-state index in [4.69, 9.17) is 11.0 Å². The van der Waals surface area contributed by atoms with E-state index in [-0.39, 0.29) is 0 Å². The van der Waals surface area contributed by atoms with Crippen LogP contribution in [0.1, 0.15) is 5.56 Å². The lowest BCUT2D eigenvalue weighted by Gasteiger charge is -2.12. The first kappa shape index (κ1) is 12.1. The van der Waals surface area contributed by atoms with Crippen molar-refractivity contribution in [1.29, 1.82) is 5.26 Å². The van der Waals surface area contributed by atoms with Crippen LogP contribution in [0.15, 0.2) is 60.7 Å². The van der Waals surface area contributed by atoms with Gasteiger partial charge in [-0.15, -0.1) is 0 Å². The zero-order valence-electron chi connectivity index (χ0n) is 10.8. The van der Waals surface area contributed by atoms with E-state index in [1.165, 1.54) is 5.39 Å². The number of benzene rings is 3. The van der Waals surface area contributed by atoms with Crippen LogP contribution in [0.2, 0.25) is 0 Å². The summed E-state index contributed by atoms with van der Waals surface area (Å²) in [4.78, 5) is 0. The molecule has 0 unspecified atom stereocenters. The Morgan fingerprint density at radius 1 is 0.900 bits per heavy atom. The van der Waals surface area contributed by atoms with Crippen LogP contribution in [0.4, 0.5) is 17.1 Å². The SMILES string of the molecule is N#Cc1ccc(Nc2cccc3ccccc23)c(N)c1. The molecule has 0 saturated heterocycles. The second-order valence-electron chi connectivity index (χ2n) is 4.57. The van der Waals surface area contributed by atoms with Gasteiger partial charge in [0.1, 0.15) is 0 Å². The first-order chi connectivity index (χ1) is 9.78. The topological polar surface area (TPSA) is 61.8 Å². The van der Waals surface area contributed by atoms with Gasteiger partial charge in [0, 0.05) is 11.1 Å². The molecule has 20 heavy (non-hydrogen) atoms. The standard InChI is InChI=1S/C17H13N3/c18-11-12-8-9-17(15(19)10-12)20-16-7-3-5-13-4-1-2-6-14(13)16/h1-10,20H,19H2. The van der Waals surface area contributed by atoms with Gasteiger partial charge in [0.25, 0.3) is 0 Å². The van der Waals surface area contributed by atoms with E-state index in [9.17, 15) is 0 Å². The molecule has 0 fully saturated rings. The molecule has 0 radical (unpaired) electrons. The average Bonchev–Trinajstić information content (AvgIpc) is 2.49. The number of rotatable bonds is 2. The Balaban J connectivity index is 2.04. The van der Waals surface area contributed by atoms with Gasteiger partial charge >= 0.3 is 0 Å². The molecule has 0 atom stereocenters. The van der Waals surface area contributed by atoms with Crippen molar-refractivity contribution < 1.29 is 0 Å². The van der Waals surface area contributed by atoms with E-state index in [1.807, 2.05) is 30.3 Å². The molecule has 0 amide bonds. The minimum absolute atomic E-state index is 0.561. The summed E-state index contributed by atoms with van der Waals surface area (Å²) in [5.41, 5.74) is 8.91. The fourth-order valence-electron chi connectivity index (χ4n) is 2.23. The molecule has 0 bridgehead atoms. The van der Waals surface area contributed by atoms with E-state index in [0.717, 1.165) is 16.8 Å². The molecule has 0 aliphatic rings. The van der Waals surface area contributed by atoms with Gasteiger partial charge in [-0.05, 0) is 29.7 Å². The second-order valence-corrected chi connectivity index (χ2v) is 4.57. The van der Waals surface area contributed by atoms with Crippen molar-refractivity contribution in [1.82, 2.24) is 0 Å². The largest absolute Gasteiger partial charge is 0.397 e. The van der Waals surface area contributed by atoms with Crippen LogP contribution in [0.3, 0.4) is 0 Å². The number of nitriles is 1. The summed E-state index contributed by atoms with van der Waals surface area (Å²) in [6.45, 7) is 0. The van der Waals surface area contributed by atoms with Crippen molar-refractivity contribution in [3.05, 3.63) is 66.2 Å². The Labute approximate surface area is 117 Å². The zero-order valence-corrected chi connectivity index (χ0v) is 10.8. The van der Waals surface area contributed by atoms with Crippen molar-refractivity contribution in [3.63, 3.8) is 0 Å². The summed E-state index contributed by atoms with van der Waals surface area (Å²) < 4.78 is 0. The molecule has 3 rings (SSSR count). The van der Waals surface area contributed by atoms with Gasteiger partial charge < -0.3 is 11.1 Å². The average molecular weight is 259 g/mol. The smallest absolute Gasteiger partial charge is 0.0992 e. The third-order valence-corrected chi connectivity index (χ3v) is 3.24. The molecule has 96 valence electrons. The quantitative estimate of drug-likeness (QED) is 0.683. The van der Waals surface area contributed by atoms with Crippen LogP contribution in [0.25, 0.3) is 10.8 Å². The maximum absolute atomic E-state index is 8.86. The Bertz CT molecular complexity index is 811. The Hall–Kier alpha value is -2.99. The fourth-order valence-corrected chi connectivity index (χ4v) is 2.23. The lowest BCUT2D eigenvalue weighted by atomic mass is 10.1. The number of anilines is 3. The fraction of sp³-hybridized carbons (Fsp3) is 0. The predicted molar refractivity (Wildman–Crippen MR) is 82.8 cm³/mol. The highest BCUT2D eigenvalue weighted by molar-refractivity contribution is 5.96. The van der Waals surface area contributed by atoms with E-state index in [2.05, 4.69) is 29.6 Å². The number of fused-ring (bicyclic) bond motifs is 1. The number of nitrogens with two attached hydrogens (primary N) is 1. The van der Waals surface area contributed by atoms with Crippen molar-refractivity contribution in [2.75, 3.05) is 11.1 Å². The summed E-state index contributed by atoms with van der Waals surface area (Å²) in [5.74, 6) is 0. The summed E-state index contributed by atoms with van der Waals surface area (Å²) in [6.07, 6.45) is 0. The van der Waals surface area contributed by atoms with Gasteiger partial charge in [-0.3, -0.25) is 0 Å². The lowest BCUT2D eigenvalue weighted by molar-refractivity contribution is 1.48. The molecule has 3 aromatic carbocycles. The van der Waals surface area contributed by atoms with Crippen LogP contribution in [0, 0.1) is 11.3 Å². The third-order valence-electron chi connectivity index (χ3n) is 3.24. The van der Waals surface area contributed by atoms with Crippen LogP contribution in [0.5, 0.6) is 0 Å². The first-order valence-electron chi connectivity index (χ1n) is 6.32. The first-order valence-corrected chi connectivity index (χ1v) is 6.32. The van der Waals surface area contributed by atoms with Crippen molar-refractivity contribution in [3.8, 4) is 6.07 Å². The summed E-state index contributed by atoms with van der Waals surface area (Å²) in [5, 5.41) is 14.5. The molecule has 0 aromatic heterocycles. The van der Waals surface area contributed by atoms with Crippen molar-refractivity contribution >= 4 is 27.8 Å². The normalized spacial score (nSPS) is 10.2. The zero-order chi connectivity index (χ0) is 13.9. The number of nitrogen functional groups attached to an aromatic ring is 1. The molecule has 0 saturated carbocycles. The number of nitrogens with zero attached hydrogens (tertiary/aromatic N) is 1. The molecule has 3 N–H and O–H groups in total. The number of hydrogen-bond acceptors (Lipinski definition) is 3. The minimum Gasteiger partial charge on any atom is -0.397 e. The van der Waals surface area contributed by atoms with Crippen LogP contribution < -0.4 is 11.1 Å². The van der Waals surface area contributed by atoms with E-state index in [1.54, 1.807) is 12.1 Å². The van der Waals surface area contributed by atoms with E-state index < -0.39 is 0 Å². The maximum atomic E-state index is 8.86. The summed E-state index contributed by atoms with van der Waals surface area (Å²) in [6, 6.07) is 21.6. The highest BCUT2D eigenvalue weighted by Crippen LogP contribution is 2.29. The molecule has 0 aliphatic carbocycles. The van der Waals surface area contributed by atoms with Gasteiger partial charge in [-0.25, -0.2) is 0 Å². The van der Waals surface area contributed by atoms with Gasteiger partial charge in [0.05, 0.1) is 23.0 Å².